The van der Waals surface area contributed by atoms with Crippen LogP contribution in [-0.2, 0) is 24.4 Å². The van der Waals surface area contributed by atoms with Crippen LogP contribution < -0.4 is 4.72 Å². The van der Waals surface area contributed by atoms with Gasteiger partial charge in [0.1, 0.15) is 6.07 Å². The summed E-state index contributed by atoms with van der Waals surface area (Å²) in [5, 5.41) is 46.3. The van der Waals surface area contributed by atoms with Crippen LogP contribution in [0.4, 0.5) is 0 Å². The molecule has 5 rings (SSSR count). The number of carboxylic acid groups (broad SMARTS) is 3. The Morgan fingerprint density at radius 3 is 2.15 bits per heavy atom. The molecule has 60 heavy (non-hydrogen) atoms. The number of nitrogens with zero attached hydrogens (tertiary/aromatic N) is 3. The number of fused-ring (bicyclic) bond motifs is 1. The lowest BCUT2D eigenvalue weighted by molar-refractivity contribution is -0.170. The quantitative estimate of drug-likeness (QED) is 0.0756. The van der Waals surface area contributed by atoms with Gasteiger partial charge in [-0.2, -0.15) is 5.26 Å². The number of sulfonamides is 1. The van der Waals surface area contributed by atoms with Gasteiger partial charge in [0.2, 0.25) is 10.0 Å². The van der Waals surface area contributed by atoms with E-state index in [2.05, 4.69) is 15.7 Å². The zero-order chi connectivity index (χ0) is 44.4. The first-order chi connectivity index (χ1) is 28.3. The van der Waals surface area contributed by atoms with Gasteiger partial charge in [0.15, 0.2) is 5.60 Å². The molecule has 5 N–H and O–H groups in total. The van der Waals surface area contributed by atoms with Crippen LogP contribution in [-0.4, -0.2) is 115 Å². The lowest BCUT2D eigenvalue weighted by Crippen LogP contribution is -2.42. The first-order valence-electron chi connectivity index (χ1n) is 18.7. The Kier molecular flexibility index (Phi) is 16.9. The van der Waals surface area contributed by atoms with Gasteiger partial charge >= 0.3 is 17.9 Å². The molecule has 14 nitrogen and oxygen atoms in total. The number of hydrogen-bond donors (Lipinski definition) is 5. The largest absolute Gasteiger partial charge is 0.481 e. The van der Waals surface area contributed by atoms with Gasteiger partial charge in [0.25, 0.3) is 5.91 Å². The Hall–Kier alpha value is -4.73. The number of carbonyl (C=O) groups excluding carboxylic acids is 1. The minimum Gasteiger partial charge on any atom is -0.481 e. The van der Waals surface area contributed by atoms with Crippen molar-refractivity contribution < 1.29 is 48.0 Å². The number of aliphatic hydroxyl groups is 1. The molecule has 320 valence electrons. The topological polar surface area (TPSA) is 226 Å². The summed E-state index contributed by atoms with van der Waals surface area (Å²) in [6, 6.07) is 24.7. The minimum absolute atomic E-state index is 0.0268. The SMILES string of the molecule is CNS(=O)(=O)c1ccccc1C1CCN(CC[C@H](CN(C)C(=O)c2c(SC)c(C#N)cc3ccccc23)c2ccc(Cl)c(Cl)c2)CC1.O=C(O)CC(O)(CC(=O)O)C(=O)O. The fraction of sp³-hybridized carbons (Fsp3) is 0.357. The van der Waals surface area contributed by atoms with E-state index in [0.29, 0.717) is 37.5 Å². The second-order valence-corrected chi connectivity index (χ2v) is 17.8. The van der Waals surface area contributed by atoms with E-state index >= 15 is 0 Å². The van der Waals surface area contributed by atoms with E-state index in [1.54, 1.807) is 23.1 Å². The summed E-state index contributed by atoms with van der Waals surface area (Å²) in [6.07, 6.45) is 2.09. The summed E-state index contributed by atoms with van der Waals surface area (Å²) < 4.78 is 27.8. The first kappa shape index (κ1) is 47.9. The van der Waals surface area contributed by atoms with Gasteiger partial charge < -0.3 is 30.2 Å². The van der Waals surface area contributed by atoms with Crippen LogP contribution in [0.25, 0.3) is 10.8 Å². The maximum absolute atomic E-state index is 14.2. The Morgan fingerprint density at radius 1 is 0.967 bits per heavy atom. The molecule has 0 bridgehead atoms. The van der Waals surface area contributed by atoms with E-state index in [9.17, 15) is 32.9 Å². The summed E-state index contributed by atoms with van der Waals surface area (Å²) in [5.41, 5.74) is 0.167. The maximum atomic E-state index is 14.2. The summed E-state index contributed by atoms with van der Waals surface area (Å²) in [6.45, 7) is 2.93. The number of carboxylic acids is 3. The average Bonchev–Trinajstić information content (AvgIpc) is 3.22. The van der Waals surface area contributed by atoms with Gasteiger partial charge in [0, 0.05) is 24.4 Å². The lowest BCUT2D eigenvalue weighted by Gasteiger charge is -2.34. The zero-order valence-corrected chi connectivity index (χ0v) is 36.2. The van der Waals surface area contributed by atoms with Gasteiger partial charge in [-0.05, 0) is 104 Å². The van der Waals surface area contributed by atoms with Crippen LogP contribution in [0.5, 0.6) is 0 Å². The number of piperidine rings is 1. The van der Waals surface area contributed by atoms with Crippen LogP contribution >= 0.6 is 35.0 Å². The highest BCUT2D eigenvalue weighted by atomic mass is 35.5. The van der Waals surface area contributed by atoms with Crippen molar-refractivity contribution in [1.29, 1.82) is 5.26 Å². The van der Waals surface area contributed by atoms with Gasteiger partial charge in [-0.1, -0.05) is 71.7 Å². The standard InChI is InChI=1S/C36H38Cl2N4O3S2.C6H8O7/c1-40-47(44,45)33-11-7-6-9-29(33)24-14-17-42(18-15-24)19-16-27(25-12-13-31(37)32(38)21-25)23-41(2)36(43)34-30-10-5-4-8-26(30)20-28(22-39)35(34)46-3;7-3(8)1-6(13,5(11)12)2-4(9)10/h4-13,20-21,24,27,40H,14-19,23H2,1-3H3;13H,1-2H2,(H,7,8)(H,9,10)(H,11,12)/t27-;/m1./s1. The van der Waals surface area contributed by atoms with Crippen molar-refractivity contribution in [3.63, 3.8) is 0 Å². The highest BCUT2D eigenvalue weighted by Gasteiger charge is 2.41. The molecular weight excluding hydrogens is 856 g/mol. The summed E-state index contributed by atoms with van der Waals surface area (Å²) >= 11 is 14.2. The van der Waals surface area contributed by atoms with Crippen molar-refractivity contribution in [3.05, 3.63) is 105 Å². The predicted molar refractivity (Wildman–Crippen MR) is 229 cm³/mol. The van der Waals surface area contributed by atoms with Crippen molar-refractivity contribution in [2.24, 2.45) is 0 Å². The molecule has 0 radical (unpaired) electrons. The number of thioether (sulfide) groups is 1. The Balaban J connectivity index is 0.000000526. The highest BCUT2D eigenvalue weighted by molar-refractivity contribution is 7.98. The molecule has 18 heteroatoms. The number of nitrogens with one attached hydrogen (secondary N) is 1. The molecule has 1 aliphatic heterocycles. The number of amides is 1. The van der Waals surface area contributed by atoms with E-state index < -0.39 is 46.4 Å². The normalized spacial score (nSPS) is 14.1. The summed E-state index contributed by atoms with van der Waals surface area (Å²) in [7, 11) is -0.289. The second-order valence-electron chi connectivity index (χ2n) is 14.3. The molecule has 1 amide bonds. The number of aliphatic carboxylic acids is 3. The molecule has 4 aromatic carbocycles. The third-order valence-corrected chi connectivity index (χ3v) is 13.4. The number of likely N-dealkylation sites (N-methyl/N-ethyl adjacent to an activating group) is 1. The van der Waals surface area contributed by atoms with E-state index in [1.165, 1.54) is 18.8 Å². The number of rotatable bonds is 16. The highest BCUT2D eigenvalue weighted by Crippen LogP contribution is 2.36. The lowest BCUT2D eigenvalue weighted by atomic mass is 9.88. The molecule has 1 atom stereocenters. The van der Waals surface area contributed by atoms with Crippen molar-refractivity contribution >= 4 is 79.6 Å². The van der Waals surface area contributed by atoms with E-state index in [0.717, 1.165) is 60.8 Å². The Morgan fingerprint density at radius 2 is 1.58 bits per heavy atom. The zero-order valence-electron chi connectivity index (χ0n) is 33.1. The number of carbonyl (C=O) groups is 4. The molecule has 1 aliphatic rings. The molecule has 0 unspecified atom stereocenters. The van der Waals surface area contributed by atoms with E-state index in [1.807, 2.05) is 67.9 Å². The Bertz CT molecular complexity index is 2370. The van der Waals surface area contributed by atoms with Crippen molar-refractivity contribution in [2.75, 3.05) is 46.5 Å². The van der Waals surface area contributed by atoms with Crippen molar-refractivity contribution in [1.82, 2.24) is 14.5 Å². The Labute approximate surface area is 362 Å². The molecule has 0 aliphatic carbocycles. The number of halogens is 2. The second kappa shape index (κ2) is 21.2. The number of likely N-dealkylation sites (tertiary alicyclic amines) is 1. The van der Waals surface area contributed by atoms with Crippen LogP contribution in [0, 0.1) is 11.3 Å². The fourth-order valence-electron chi connectivity index (χ4n) is 7.26. The van der Waals surface area contributed by atoms with Crippen LogP contribution in [0.2, 0.25) is 10.0 Å². The summed E-state index contributed by atoms with van der Waals surface area (Å²) in [5.74, 6) is -5.02. The number of benzene rings is 4. The molecule has 1 fully saturated rings. The smallest absolute Gasteiger partial charge is 0.336 e. The van der Waals surface area contributed by atoms with Crippen molar-refractivity contribution in [2.45, 2.75) is 59.3 Å². The summed E-state index contributed by atoms with van der Waals surface area (Å²) in [4.78, 5) is 49.9. The molecule has 0 saturated carbocycles. The fourth-order valence-corrected chi connectivity index (χ4v) is 9.32. The average molecular weight is 902 g/mol. The van der Waals surface area contributed by atoms with Gasteiger partial charge in [-0.25, -0.2) is 17.9 Å². The van der Waals surface area contributed by atoms with Crippen LogP contribution in [0.3, 0.4) is 0 Å². The minimum atomic E-state index is -3.54. The molecular formula is C42H46Cl2N4O10S2. The monoisotopic (exact) mass is 900 g/mol. The third kappa shape index (κ3) is 12.0. The maximum Gasteiger partial charge on any atom is 0.336 e. The van der Waals surface area contributed by atoms with Crippen molar-refractivity contribution in [3.8, 4) is 6.07 Å². The third-order valence-electron chi connectivity index (χ3n) is 10.4. The van der Waals surface area contributed by atoms with E-state index in [4.69, 9.17) is 43.6 Å². The van der Waals surface area contributed by atoms with E-state index in [-0.39, 0.29) is 17.7 Å². The van der Waals surface area contributed by atoms with Gasteiger partial charge in [-0.15, -0.1) is 11.8 Å². The van der Waals surface area contributed by atoms with Gasteiger partial charge in [-0.3, -0.25) is 14.4 Å². The molecule has 0 spiro atoms. The van der Waals surface area contributed by atoms with Gasteiger partial charge in [0.05, 0.1) is 38.9 Å². The predicted octanol–water partition coefficient (Wildman–Crippen LogP) is 6.53. The molecule has 4 aromatic rings. The molecule has 1 heterocycles. The first-order valence-corrected chi connectivity index (χ1v) is 22.2. The van der Waals surface area contributed by atoms with Crippen LogP contribution in [0.1, 0.15) is 71.0 Å². The molecule has 0 aromatic heterocycles. The van der Waals surface area contributed by atoms with Crippen LogP contribution in [0.15, 0.2) is 82.6 Å². The number of hydrogen-bond acceptors (Lipinski definition) is 10. The number of nitriles is 1. The molecule has 1 saturated heterocycles.